The number of nitrogens with one attached hydrogen (secondary N) is 1. The molecule has 2 N–H and O–H groups in total. The maximum atomic E-state index is 11.5. The lowest BCUT2D eigenvalue weighted by atomic mass is 10.2. The predicted octanol–water partition coefficient (Wildman–Crippen LogP) is 3.25. The predicted molar refractivity (Wildman–Crippen MR) is 101 cm³/mol. The molecule has 0 fully saturated rings. The number of hydrazone groups is 1. The van der Waals surface area contributed by atoms with Crippen LogP contribution in [-0.4, -0.2) is 33.1 Å². The lowest BCUT2D eigenvalue weighted by molar-refractivity contribution is -0.384. The van der Waals surface area contributed by atoms with Crippen molar-refractivity contribution in [2.24, 2.45) is 5.10 Å². The summed E-state index contributed by atoms with van der Waals surface area (Å²) in [5.41, 5.74) is 4.13. The number of para-hydroxylation sites is 1. The van der Waals surface area contributed by atoms with Crippen LogP contribution in [0.4, 0.5) is 11.5 Å². The number of benzene rings is 2. The number of methoxy groups -OCH3 is 1. The highest BCUT2D eigenvalue weighted by Crippen LogP contribution is 2.31. The molecule has 0 saturated heterocycles. The van der Waals surface area contributed by atoms with Crippen LogP contribution in [0.25, 0.3) is 5.69 Å². The van der Waals surface area contributed by atoms with Crippen molar-refractivity contribution in [3.63, 3.8) is 0 Å². The minimum atomic E-state index is -0.497. The van der Waals surface area contributed by atoms with Crippen LogP contribution in [0.15, 0.2) is 53.6 Å². The largest absolute Gasteiger partial charge is 0.504 e. The normalized spacial score (nSPS) is 10.9. The van der Waals surface area contributed by atoms with Crippen LogP contribution in [0.5, 0.6) is 11.5 Å². The van der Waals surface area contributed by atoms with Crippen LogP contribution in [-0.2, 0) is 0 Å². The number of aryl methyl sites for hydroxylation is 1. The van der Waals surface area contributed by atoms with Gasteiger partial charge in [0.2, 0.25) is 5.82 Å². The van der Waals surface area contributed by atoms with Gasteiger partial charge in [0.1, 0.15) is 5.69 Å². The molecule has 0 radical (unpaired) electrons. The molecular formula is C18H17N5O4. The summed E-state index contributed by atoms with van der Waals surface area (Å²) in [5, 5.41) is 29.4. The van der Waals surface area contributed by atoms with Crippen molar-refractivity contribution in [2.45, 2.75) is 6.92 Å². The van der Waals surface area contributed by atoms with Gasteiger partial charge in [-0.2, -0.15) is 10.2 Å². The van der Waals surface area contributed by atoms with Crippen LogP contribution < -0.4 is 10.2 Å². The van der Waals surface area contributed by atoms with Gasteiger partial charge >= 0.3 is 5.69 Å². The Labute approximate surface area is 154 Å². The second-order valence-electron chi connectivity index (χ2n) is 5.59. The van der Waals surface area contributed by atoms with E-state index < -0.39 is 4.92 Å². The first-order valence-corrected chi connectivity index (χ1v) is 7.96. The molecule has 27 heavy (non-hydrogen) atoms. The molecule has 3 aromatic rings. The lowest BCUT2D eigenvalue weighted by Crippen LogP contribution is -2.03. The van der Waals surface area contributed by atoms with E-state index in [1.54, 1.807) is 31.2 Å². The molecule has 2 aromatic carbocycles. The van der Waals surface area contributed by atoms with Crippen LogP contribution in [0, 0.1) is 17.0 Å². The first-order chi connectivity index (χ1) is 13.0. The highest BCUT2D eigenvalue weighted by molar-refractivity contribution is 5.81. The van der Waals surface area contributed by atoms with Crippen molar-refractivity contribution in [1.29, 1.82) is 0 Å². The molecule has 0 amide bonds. The van der Waals surface area contributed by atoms with E-state index in [0.717, 1.165) is 0 Å². The summed E-state index contributed by atoms with van der Waals surface area (Å²) >= 11 is 0. The third-order valence-electron chi connectivity index (χ3n) is 3.80. The topological polar surface area (TPSA) is 115 Å². The van der Waals surface area contributed by atoms with Crippen LogP contribution in [0.3, 0.4) is 0 Å². The number of phenols is 1. The monoisotopic (exact) mass is 367 g/mol. The Bertz CT molecular complexity index is 998. The van der Waals surface area contributed by atoms with Crippen molar-refractivity contribution >= 4 is 17.7 Å². The van der Waals surface area contributed by atoms with Crippen molar-refractivity contribution in [3.8, 4) is 17.2 Å². The average molecular weight is 367 g/mol. The van der Waals surface area contributed by atoms with E-state index in [-0.39, 0.29) is 22.9 Å². The maximum Gasteiger partial charge on any atom is 0.335 e. The van der Waals surface area contributed by atoms with Gasteiger partial charge in [0, 0.05) is 0 Å². The van der Waals surface area contributed by atoms with E-state index in [2.05, 4.69) is 15.6 Å². The van der Waals surface area contributed by atoms with E-state index in [4.69, 9.17) is 4.74 Å². The van der Waals surface area contributed by atoms with Gasteiger partial charge in [0.25, 0.3) is 0 Å². The van der Waals surface area contributed by atoms with Crippen molar-refractivity contribution in [2.75, 3.05) is 12.5 Å². The fourth-order valence-corrected chi connectivity index (χ4v) is 2.54. The van der Waals surface area contributed by atoms with Gasteiger partial charge < -0.3 is 9.84 Å². The highest BCUT2D eigenvalue weighted by Gasteiger charge is 2.26. The van der Waals surface area contributed by atoms with Gasteiger partial charge in [0.15, 0.2) is 11.5 Å². The Hall–Kier alpha value is -3.88. The van der Waals surface area contributed by atoms with Crippen LogP contribution >= 0.6 is 0 Å². The summed E-state index contributed by atoms with van der Waals surface area (Å²) in [6, 6.07) is 13.7. The van der Waals surface area contributed by atoms with E-state index in [0.29, 0.717) is 17.0 Å². The second kappa shape index (κ2) is 7.56. The molecule has 0 aliphatic heterocycles. The van der Waals surface area contributed by atoms with Crippen molar-refractivity contribution in [1.82, 2.24) is 9.78 Å². The summed E-state index contributed by atoms with van der Waals surface area (Å²) < 4.78 is 6.48. The summed E-state index contributed by atoms with van der Waals surface area (Å²) in [4.78, 5) is 11.0. The molecule has 9 heteroatoms. The third kappa shape index (κ3) is 3.71. The Morgan fingerprint density at radius 3 is 2.70 bits per heavy atom. The number of aromatic hydroxyl groups is 1. The Morgan fingerprint density at radius 2 is 2.04 bits per heavy atom. The fourth-order valence-electron chi connectivity index (χ4n) is 2.54. The Balaban J connectivity index is 1.95. The fraction of sp³-hybridized carbons (Fsp3) is 0.111. The summed E-state index contributed by atoms with van der Waals surface area (Å²) in [5.74, 6) is 0.455. The molecule has 138 valence electrons. The molecule has 0 aliphatic carbocycles. The molecule has 1 heterocycles. The van der Waals surface area contributed by atoms with Gasteiger partial charge in [-0.3, -0.25) is 15.5 Å². The number of nitro groups is 1. The van der Waals surface area contributed by atoms with Crippen molar-refractivity contribution in [3.05, 3.63) is 69.9 Å². The van der Waals surface area contributed by atoms with E-state index in [9.17, 15) is 15.2 Å². The molecule has 1 aromatic heterocycles. The summed E-state index contributed by atoms with van der Waals surface area (Å²) in [6.45, 7) is 1.57. The zero-order chi connectivity index (χ0) is 19.4. The van der Waals surface area contributed by atoms with Gasteiger partial charge in [0.05, 0.1) is 23.9 Å². The lowest BCUT2D eigenvalue weighted by Gasteiger charge is -2.06. The number of phenolic OH excluding ortho intramolecular Hbond substituents is 1. The quantitative estimate of drug-likeness (QED) is 0.393. The number of hydrogen-bond donors (Lipinski definition) is 2. The molecule has 0 saturated carbocycles. The zero-order valence-electron chi connectivity index (χ0n) is 14.7. The first-order valence-electron chi connectivity index (χ1n) is 7.96. The molecular weight excluding hydrogens is 350 g/mol. The number of anilines is 1. The molecule has 0 unspecified atom stereocenters. The smallest absolute Gasteiger partial charge is 0.335 e. The first kappa shape index (κ1) is 17.9. The van der Waals surface area contributed by atoms with E-state index in [1.165, 1.54) is 24.1 Å². The highest BCUT2D eigenvalue weighted by atomic mass is 16.6. The number of rotatable bonds is 6. The van der Waals surface area contributed by atoms with Gasteiger partial charge in [-0.25, -0.2) is 4.68 Å². The molecule has 0 bridgehead atoms. The number of hydrogen-bond acceptors (Lipinski definition) is 7. The second-order valence-corrected chi connectivity index (χ2v) is 5.59. The number of nitrogens with zero attached hydrogens (tertiary/aromatic N) is 4. The van der Waals surface area contributed by atoms with Crippen molar-refractivity contribution < 1.29 is 14.8 Å². The summed E-state index contributed by atoms with van der Waals surface area (Å²) in [6.07, 6.45) is 1.46. The zero-order valence-corrected chi connectivity index (χ0v) is 14.7. The summed E-state index contributed by atoms with van der Waals surface area (Å²) in [7, 11) is 1.44. The van der Waals surface area contributed by atoms with Crippen LogP contribution in [0.2, 0.25) is 0 Å². The van der Waals surface area contributed by atoms with Gasteiger partial charge in [-0.05, 0) is 42.8 Å². The molecule has 0 aliphatic rings. The number of ether oxygens (including phenoxy) is 1. The standard InChI is InChI=1S/C18H17N5O4/c1-12-17(23(25)26)18(22(21-12)14-6-4-3-5-7-14)20-19-11-13-8-9-15(24)16(10-13)27-2/h3-11,20,24H,1-2H3/b19-11-. The molecule has 0 spiro atoms. The minimum absolute atomic E-state index is 0.0102. The van der Waals surface area contributed by atoms with E-state index >= 15 is 0 Å². The third-order valence-corrected chi connectivity index (χ3v) is 3.80. The van der Waals surface area contributed by atoms with Gasteiger partial charge in [-0.1, -0.05) is 18.2 Å². The van der Waals surface area contributed by atoms with Crippen LogP contribution in [0.1, 0.15) is 11.3 Å². The average Bonchev–Trinajstić information content (AvgIpc) is 3.00. The molecule has 3 rings (SSSR count). The molecule has 0 atom stereocenters. The Kier molecular flexibility index (Phi) is 5.02. The van der Waals surface area contributed by atoms with Gasteiger partial charge in [-0.15, -0.1) is 0 Å². The number of aromatic nitrogens is 2. The minimum Gasteiger partial charge on any atom is -0.504 e. The van der Waals surface area contributed by atoms with E-state index in [1.807, 2.05) is 18.2 Å². The SMILES string of the molecule is COc1cc(/C=N\Nc2c([N+](=O)[O-])c(C)nn2-c2ccccc2)ccc1O. The molecule has 9 nitrogen and oxygen atoms in total. The maximum absolute atomic E-state index is 11.5. The Morgan fingerprint density at radius 1 is 1.30 bits per heavy atom.